The second-order valence-electron chi connectivity index (χ2n) is 6.73. The van der Waals surface area contributed by atoms with Crippen LogP contribution >= 0.6 is 0 Å². The number of piperazine rings is 1. The molecule has 0 aliphatic carbocycles. The summed E-state index contributed by atoms with van der Waals surface area (Å²) in [6.07, 6.45) is 8.20. The van der Waals surface area contributed by atoms with E-state index in [9.17, 15) is 0 Å². The smallest absolute Gasteiger partial charge is 0.0945 e. The van der Waals surface area contributed by atoms with Crippen molar-refractivity contribution in [1.82, 2.24) is 19.8 Å². The summed E-state index contributed by atoms with van der Waals surface area (Å²) in [5.41, 5.74) is 0.278. The Morgan fingerprint density at radius 3 is 2.80 bits per heavy atom. The number of aryl methyl sites for hydroxylation is 1. The first-order valence-corrected chi connectivity index (χ1v) is 7.99. The molecule has 1 aromatic rings. The number of imidazole rings is 1. The van der Waals surface area contributed by atoms with Crippen molar-refractivity contribution in [2.75, 3.05) is 19.6 Å². The van der Waals surface area contributed by atoms with Crippen LogP contribution in [0.2, 0.25) is 0 Å². The second kappa shape index (κ2) is 6.72. The summed E-state index contributed by atoms with van der Waals surface area (Å²) in [5, 5.41) is 3.75. The highest BCUT2D eigenvalue weighted by Crippen LogP contribution is 2.22. The number of nitrogens with zero attached hydrogens (tertiary/aromatic N) is 3. The van der Waals surface area contributed by atoms with Crippen molar-refractivity contribution in [1.29, 1.82) is 0 Å². The topological polar surface area (TPSA) is 33.1 Å². The van der Waals surface area contributed by atoms with Crippen LogP contribution in [-0.4, -0.2) is 45.7 Å². The molecule has 0 spiro atoms. The average Bonchev–Trinajstić information content (AvgIpc) is 2.92. The minimum Gasteiger partial charge on any atom is -0.337 e. The van der Waals surface area contributed by atoms with Crippen molar-refractivity contribution in [3.8, 4) is 0 Å². The summed E-state index contributed by atoms with van der Waals surface area (Å²) in [4.78, 5) is 6.80. The van der Waals surface area contributed by atoms with Crippen molar-refractivity contribution < 1.29 is 0 Å². The van der Waals surface area contributed by atoms with Crippen molar-refractivity contribution in [3.05, 3.63) is 18.7 Å². The quantitative estimate of drug-likeness (QED) is 0.867. The summed E-state index contributed by atoms with van der Waals surface area (Å²) in [5.74, 6) is 0.706. The maximum atomic E-state index is 4.11. The fraction of sp³-hybridized carbons (Fsp3) is 0.812. The van der Waals surface area contributed by atoms with E-state index in [1.54, 1.807) is 0 Å². The number of aromatic nitrogens is 2. The van der Waals surface area contributed by atoms with Crippen molar-refractivity contribution >= 4 is 0 Å². The monoisotopic (exact) mass is 278 g/mol. The predicted molar refractivity (Wildman–Crippen MR) is 83.7 cm³/mol. The molecule has 2 unspecified atom stereocenters. The number of rotatable bonds is 6. The van der Waals surface area contributed by atoms with Gasteiger partial charge in [-0.2, -0.15) is 0 Å². The van der Waals surface area contributed by atoms with E-state index in [1.807, 2.05) is 18.7 Å². The van der Waals surface area contributed by atoms with E-state index in [0.717, 1.165) is 19.6 Å². The van der Waals surface area contributed by atoms with E-state index < -0.39 is 0 Å². The molecule has 2 heterocycles. The van der Waals surface area contributed by atoms with E-state index in [4.69, 9.17) is 0 Å². The average molecular weight is 278 g/mol. The standard InChI is InChI=1S/C16H30N4/c1-5-16(4)12-20(15(11-18-16)14(2)3)9-6-8-19-10-7-17-13-19/h7,10,13-15,18H,5-6,8-9,11-12H2,1-4H3. The third kappa shape index (κ3) is 3.83. The van der Waals surface area contributed by atoms with Gasteiger partial charge in [-0.3, -0.25) is 4.90 Å². The lowest BCUT2D eigenvalue weighted by Gasteiger charge is -2.47. The lowest BCUT2D eigenvalue weighted by atomic mass is 9.90. The highest BCUT2D eigenvalue weighted by molar-refractivity contribution is 4.95. The molecule has 1 N–H and O–H groups in total. The Labute approximate surface area is 123 Å². The van der Waals surface area contributed by atoms with Gasteiger partial charge in [-0.15, -0.1) is 0 Å². The van der Waals surface area contributed by atoms with Gasteiger partial charge in [0.05, 0.1) is 6.33 Å². The third-order valence-electron chi connectivity index (χ3n) is 4.73. The molecule has 1 aliphatic heterocycles. The van der Waals surface area contributed by atoms with E-state index in [1.165, 1.54) is 19.4 Å². The van der Waals surface area contributed by atoms with Gasteiger partial charge in [-0.1, -0.05) is 20.8 Å². The van der Waals surface area contributed by atoms with Crippen LogP contribution in [-0.2, 0) is 6.54 Å². The van der Waals surface area contributed by atoms with Crippen molar-refractivity contribution in [2.45, 2.75) is 58.7 Å². The first kappa shape index (κ1) is 15.5. The van der Waals surface area contributed by atoms with Crippen LogP contribution in [0.3, 0.4) is 0 Å². The maximum Gasteiger partial charge on any atom is 0.0945 e. The molecular weight excluding hydrogens is 248 g/mol. The molecular formula is C16H30N4. The maximum absolute atomic E-state index is 4.11. The Morgan fingerprint density at radius 1 is 1.40 bits per heavy atom. The van der Waals surface area contributed by atoms with Crippen LogP contribution in [0.1, 0.15) is 40.5 Å². The van der Waals surface area contributed by atoms with E-state index in [2.05, 4.69) is 47.5 Å². The van der Waals surface area contributed by atoms with Crippen molar-refractivity contribution in [3.63, 3.8) is 0 Å². The molecule has 2 atom stereocenters. The molecule has 0 aromatic carbocycles. The van der Waals surface area contributed by atoms with Gasteiger partial charge < -0.3 is 9.88 Å². The molecule has 0 amide bonds. The van der Waals surface area contributed by atoms with E-state index in [0.29, 0.717) is 12.0 Å². The van der Waals surface area contributed by atoms with Gasteiger partial charge in [-0.05, 0) is 25.7 Å². The Hall–Kier alpha value is -0.870. The molecule has 0 radical (unpaired) electrons. The van der Waals surface area contributed by atoms with Gasteiger partial charge >= 0.3 is 0 Å². The second-order valence-corrected chi connectivity index (χ2v) is 6.73. The molecule has 20 heavy (non-hydrogen) atoms. The first-order valence-electron chi connectivity index (χ1n) is 7.99. The fourth-order valence-electron chi connectivity index (χ4n) is 3.12. The van der Waals surface area contributed by atoms with Crippen LogP contribution in [0, 0.1) is 5.92 Å². The largest absolute Gasteiger partial charge is 0.337 e. The molecule has 2 rings (SSSR count). The zero-order valence-electron chi connectivity index (χ0n) is 13.5. The Balaban J connectivity index is 1.89. The van der Waals surface area contributed by atoms with Crippen LogP contribution in [0.4, 0.5) is 0 Å². The minimum atomic E-state index is 0.278. The molecule has 1 saturated heterocycles. The molecule has 1 aliphatic rings. The zero-order chi connectivity index (χ0) is 14.6. The van der Waals surface area contributed by atoms with E-state index in [-0.39, 0.29) is 5.54 Å². The lowest BCUT2D eigenvalue weighted by Crippen LogP contribution is -2.64. The molecule has 4 nitrogen and oxygen atoms in total. The highest BCUT2D eigenvalue weighted by atomic mass is 15.3. The van der Waals surface area contributed by atoms with E-state index >= 15 is 0 Å². The van der Waals surface area contributed by atoms with Crippen LogP contribution in [0.5, 0.6) is 0 Å². The minimum absolute atomic E-state index is 0.278. The van der Waals surface area contributed by atoms with Gasteiger partial charge in [0.25, 0.3) is 0 Å². The van der Waals surface area contributed by atoms with Crippen molar-refractivity contribution in [2.24, 2.45) is 5.92 Å². The zero-order valence-corrected chi connectivity index (χ0v) is 13.5. The van der Waals surface area contributed by atoms with Gasteiger partial charge in [0.15, 0.2) is 0 Å². The molecule has 1 aromatic heterocycles. The van der Waals surface area contributed by atoms with Gasteiger partial charge in [0, 0.05) is 50.2 Å². The molecule has 1 fully saturated rings. The summed E-state index contributed by atoms with van der Waals surface area (Å²) >= 11 is 0. The number of nitrogens with one attached hydrogen (secondary N) is 1. The number of hydrogen-bond acceptors (Lipinski definition) is 3. The molecule has 114 valence electrons. The highest BCUT2D eigenvalue weighted by Gasteiger charge is 2.35. The Morgan fingerprint density at radius 2 is 2.20 bits per heavy atom. The van der Waals surface area contributed by atoms with Crippen LogP contribution in [0.15, 0.2) is 18.7 Å². The van der Waals surface area contributed by atoms with Gasteiger partial charge in [-0.25, -0.2) is 4.98 Å². The van der Waals surface area contributed by atoms with Gasteiger partial charge in [0.2, 0.25) is 0 Å². The number of hydrogen-bond donors (Lipinski definition) is 1. The summed E-state index contributed by atoms with van der Waals surface area (Å²) in [6.45, 7) is 13.8. The predicted octanol–water partition coefficient (Wildman–Crippen LogP) is 2.37. The Kier molecular flexibility index (Phi) is 5.22. The van der Waals surface area contributed by atoms with Crippen LogP contribution in [0.25, 0.3) is 0 Å². The first-order chi connectivity index (χ1) is 9.54. The SMILES string of the molecule is CCC1(C)CN(CCCn2ccnc2)C(C(C)C)CN1. The summed E-state index contributed by atoms with van der Waals surface area (Å²) in [6, 6.07) is 0.664. The molecule has 0 bridgehead atoms. The molecule has 0 saturated carbocycles. The normalized spacial score (nSPS) is 28.1. The fourth-order valence-corrected chi connectivity index (χ4v) is 3.12. The lowest BCUT2D eigenvalue weighted by molar-refractivity contribution is 0.0584. The molecule has 4 heteroatoms. The van der Waals surface area contributed by atoms with Crippen LogP contribution < -0.4 is 5.32 Å². The summed E-state index contributed by atoms with van der Waals surface area (Å²) in [7, 11) is 0. The third-order valence-corrected chi connectivity index (χ3v) is 4.73. The Bertz CT molecular complexity index is 387. The van der Waals surface area contributed by atoms with Gasteiger partial charge in [0.1, 0.15) is 0 Å². The summed E-state index contributed by atoms with van der Waals surface area (Å²) < 4.78 is 2.17.